The minimum atomic E-state index is -0.806. The summed E-state index contributed by atoms with van der Waals surface area (Å²) in [5, 5.41) is 0. The van der Waals surface area contributed by atoms with Crippen LogP contribution < -0.4 is 0 Å². The van der Waals surface area contributed by atoms with Gasteiger partial charge >= 0.3 is 17.9 Å². The van der Waals surface area contributed by atoms with E-state index in [4.69, 9.17) is 14.2 Å². The van der Waals surface area contributed by atoms with Crippen molar-refractivity contribution in [2.45, 2.75) is 264 Å². The molecule has 0 N–H and O–H groups in total. The first-order valence-corrected chi connectivity index (χ1v) is 26.3. The van der Waals surface area contributed by atoms with Crippen molar-refractivity contribution in [1.82, 2.24) is 0 Å². The maximum absolute atomic E-state index is 12.8. The van der Waals surface area contributed by atoms with Gasteiger partial charge in [-0.15, -0.1) is 0 Å². The Morgan fingerprint density at radius 2 is 0.613 bits per heavy atom. The van der Waals surface area contributed by atoms with Gasteiger partial charge in [-0.2, -0.15) is 0 Å². The summed E-state index contributed by atoms with van der Waals surface area (Å²) in [5.74, 6) is -0.991. The van der Waals surface area contributed by atoms with E-state index < -0.39 is 6.10 Å². The summed E-state index contributed by atoms with van der Waals surface area (Å²) >= 11 is 0. The molecule has 0 fully saturated rings. The molecule has 0 bridgehead atoms. The van der Waals surface area contributed by atoms with Gasteiger partial charge in [0.25, 0.3) is 0 Å². The van der Waals surface area contributed by atoms with Gasteiger partial charge in [0.05, 0.1) is 0 Å². The third-order valence-corrected chi connectivity index (χ3v) is 11.2. The summed E-state index contributed by atoms with van der Waals surface area (Å²) in [7, 11) is 0. The van der Waals surface area contributed by atoms with Crippen LogP contribution in [0.2, 0.25) is 0 Å². The number of carbonyl (C=O) groups is 3. The van der Waals surface area contributed by atoms with Gasteiger partial charge in [-0.25, -0.2) is 0 Å². The van der Waals surface area contributed by atoms with Gasteiger partial charge in [0.15, 0.2) is 6.10 Å². The van der Waals surface area contributed by atoms with Crippen LogP contribution in [0.3, 0.4) is 0 Å². The Labute approximate surface area is 383 Å². The second kappa shape index (κ2) is 50.8. The van der Waals surface area contributed by atoms with Crippen molar-refractivity contribution in [2.24, 2.45) is 0 Å². The highest BCUT2D eigenvalue weighted by molar-refractivity contribution is 5.71. The molecule has 6 heteroatoms. The van der Waals surface area contributed by atoms with Crippen LogP contribution in [0.4, 0.5) is 0 Å². The summed E-state index contributed by atoms with van der Waals surface area (Å²) < 4.78 is 16.7. The Kier molecular flexibility index (Phi) is 48.4. The lowest BCUT2D eigenvalue weighted by molar-refractivity contribution is -0.166. The highest BCUT2D eigenvalue weighted by atomic mass is 16.6. The van der Waals surface area contributed by atoms with Gasteiger partial charge in [-0.05, 0) is 96.3 Å². The molecule has 6 nitrogen and oxygen atoms in total. The summed E-state index contributed by atoms with van der Waals surface area (Å²) in [5.41, 5.74) is 0. The molecule has 0 rings (SSSR count). The van der Waals surface area contributed by atoms with Gasteiger partial charge in [0, 0.05) is 19.3 Å². The maximum atomic E-state index is 12.8. The molecule has 0 saturated carbocycles. The molecule has 0 heterocycles. The van der Waals surface area contributed by atoms with Gasteiger partial charge < -0.3 is 14.2 Å². The normalized spacial score (nSPS) is 12.5. The van der Waals surface area contributed by atoms with Crippen molar-refractivity contribution in [2.75, 3.05) is 13.2 Å². The molecule has 0 aromatic heterocycles. The van der Waals surface area contributed by atoms with Crippen LogP contribution in [0, 0.1) is 0 Å². The molecule has 0 aliphatic heterocycles. The number of ether oxygens (including phenoxy) is 3. The Bertz CT molecular complexity index is 1130. The summed E-state index contributed by atoms with van der Waals surface area (Å²) in [6.07, 6.45) is 62.1. The van der Waals surface area contributed by atoms with Gasteiger partial charge in [0.1, 0.15) is 13.2 Å². The molecular formula is C56H98O6. The maximum Gasteiger partial charge on any atom is 0.306 e. The predicted octanol–water partition coefficient (Wildman–Crippen LogP) is 17.3. The number of rotatable bonds is 47. The van der Waals surface area contributed by atoms with E-state index in [1.165, 1.54) is 135 Å². The van der Waals surface area contributed by atoms with Crippen LogP contribution in [-0.2, 0) is 28.6 Å². The molecule has 1 unspecified atom stereocenters. The Morgan fingerprint density at radius 3 is 1.05 bits per heavy atom. The lowest BCUT2D eigenvalue weighted by Crippen LogP contribution is -2.30. The second-order valence-corrected chi connectivity index (χ2v) is 17.4. The molecular weight excluding hydrogens is 769 g/mol. The smallest absolute Gasteiger partial charge is 0.306 e. The first-order valence-electron chi connectivity index (χ1n) is 26.3. The van der Waals surface area contributed by atoms with Gasteiger partial charge in [0.2, 0.25) is 0 Å². The molecule has 0 aromatic rings. The largest absolute Gasteiger partial charge is 0.462 e. The third-order valence-electron chi connectivity index (χ3n) is 11.2. The Morgan fingerprint density at radius 1 is 0.323 bits per heavy atom. The average Bonchev–Trinajstić information content (AvgIpc) is 3.27. The first kappa shape index (κ1) is 59.1. The number of hydrogen-bond donors (Lipinski definition) is 0. The number of allylic oxidation sites excluding steroid dienone is 10. The molecule has 358 valence electrons. The number of unbranched alkanes of at least 4 members (excludes halogenated alkanes) is 26. The quantitative estimate of drug-likeness (QED) is 0.0262. The van der Waals surface area contributed by atoms with E-state index in [1.807, 2.05) is 6.08 Å². The monoisotopic (exact) mass is 867 g/mol. The Balaban J connectivity index is 4.45. The third kappa shape index (κ3) is 48.1. The lowest BCUT2D eigenvalue weighted by Gasteiger charge is -2.18. The molecule has 0 aliphatic rings. The van der Waals surface area contributed by atoms with Gasteiger partial charge in [-0.3, -0.25) is 14.4 Å². The van der Waals surface area contributed by atoms with Gasteiger partial charge in [-0.1, -0.05) is 204 Å². The van der Waals surface area contributed by atoms with Crippen molar-refractivity contribution in [3.05, 3.63) is 60.8 Å². The second-order valence-electron chi connectivity index (χ2n) is 17.4. The number of hydrogen-bond acceptors (Lipinski definition) is 6. The minimum Gasteiger partial charge on any atom is -0.462 e. The van der Waals surface area contributed by atoms with E-state index in [-0.39, 0.29) is 37.5 Å². The molecule has 0 aliphatic carbocycles. The van der Waals surface area contributed by atoms with E-state index in [2.05, 4.69) is 75.5 Å². The van der Waals surface area contributed by atoms with Crippen LogP contribution >= 0.6 is 0 Å². The van der Waals surface area contributed by atoms with E-state index in [0.717, 1.165) is 77.0 Å². The van der Waals surface area contributed by atoms with Crippen LogP contribution in [0.5, 0.6) is 0 Å². The van der Waals surface area contributed by atoms with Crippen molar-refractivity contribution < 1.29 is 28.6 Å². The van der Waals surface area contributed by atoms with Crippen LogP contribution in [-0.4, -0.2) is 37.2 Å². The van der Waals surface area contributed by atoms with Crippen LogP contribution in [0.25, 0.3) is 0 Å². The summed E-state index contributed by atoms with van der Waals surface area (Å²) in [6.45, 7) is 6.53. The molecule has 0 radical (unpaired) electrons. The topological polar surface area (TPSA) is 78.9 Å². The van der Waals surface area contributed by atoms with E-state index in [9.17, 15) is 14.4 Å². The van der Waals surface area contributed by atoms with E-state index >= 15 is 0 Å². The Hall–Kier alpha value is -2.89. The highest BCUT2D eigenvalue weighted by Crippen LogP contribution is 2.14. The SMILES string of the molecule is CCCCC/C=C/C/C=C/CCCCCCCCCC(=O)OCC(COC(=O)CC/C=C/C/C=C/CCCCCCCC)OC(=O)CCCCC/C=C/CCCCCCCCC. The zero-order chi connectivity index (χ0) is 45.1. The van der Waals surface area contributed by atoms with Crippen molar-refractivity contribution in [1.29, 1.82) is 0 Å². The molecule has 1 atom stereocenters. The molecule has 0 spiro atoms. The summed E-state index contributed by atoms with van der Waals surface area (Å²) in [6, 6.07) is 0. The fraction of sp³-hybridized carbons (Fsp3) is 0.768. The van der Waals surface area contributed by atoms with Crippen molar-refractivity contribution >= 4 is 17.9 Å². The number of esters is 3. The zero-order valence-corrected chi connectivity index (χ0v) is 40.9. The molecule has 0 amide bonds. The first-order chi connectivity index (χ1) is 30.5. The summed E-state index contributed by atoms with van der Waals surface area (Å²) in [4.78, 5) is 37.9. The number of carbonyl (C=O) groups excluding carboxylic acids is 3. The zero-order valence-electron chi connectivity index (χ0n) is 40.9. The van der Waals surface area contributed by atoms with E-state index in [0.29, 0.717) is 19.3 Å². The standard InChI is InChI=1S/C56H98O6/c1-4-7-10-13-16-19-22-25-27-28-29-32-34-37-40-43-46-49-55(58)61-52-53(51-60-54(57)48-45-42-39-36-33-30-24-21-18-15-12-9-6-3)62-56(59)50-47-44-41-38-35-31-26-23-20-17-14-11-8-5-2/h16,19,25,27,30-31,33,35,39,42,53H,4-15,17-18,20-24,26,28-29,32,34,36-38,40-41,43-52H2,1-3H3/b19-16+,27-25+,33-30+,35-31+,42-39+. The fourth-order valence-electron chi connectivity index (χ4n) is 7.23. The van der Waals surface area contributed by atoms with Crippen LogP contribution in [0.15, 0.2) is 60.8 Å². The minimum absolute atomic E-state index is 0.101. The average molecular weight is 867 g/mol. The van der Waals surface area contributed by atoms with E-state index in [1.54, 1.807) is 0 Å². The van der Waals surface area contributed by atoms with Crippen molar-refractivity contribution in [3.8, 4) is 0 Å². The lowest BCUT2D eigenvalue weighted by atomic mass is 10.1. The fourth-order valence-corrected chi connectivity index (χ4v) is 7.23. The molecule has 0 saturated heterocycles. The van der Waals surface area contributed by atoms with Crippen LogP contribution in [0.1, 0.15) is 258 Å². The predicted molar refractivity (Wildman–Crippen MR) is 265 cm³/mol. The van der Waals surface area contributed by atoms with Crippen molar-refractivity contribution in [3.63, 3.8) is 0 Å². The highest BCUT2D eigenvalue weighted by Gasteiger charge is 2.19. The molecule has 62 heavy (non-hydrogen) atoms. The molecule has 0 aromatic carbocycles.